The number of urea groups is 1. The zero-order chi connectivity index (χ0) is 20.8. The van der Waals surface area contributed by atoms with Crippen LogP contribution in [0.4, 0.5) is 13.6 Å². The van der Waals surface area contributed by atoms with E-state index in [4.69, 9.17) is 0 Å². The lowest BCUT2D eigenvalue weighted by molar-refractivity contribution is -0.130. The Morgan fingerprint density at radius 1 is 1.18 bits per heavy atom. The smallest absolute Gasteiger partial charge is 0.325 e. The fourth-order valence-corrected chi connectivity index (χ4v) is 3.70. The van der Waals surface area contributed by atoms with Crippen molar-refractivity contribution in [2.75, 3.05) is 6.54 Å². The van der Waals surface area contributed by atoms with Crippen LogP contribution in [0.5, 0.6) is 0 Å². The van der Waals surface area contributed by atoms with Crippen LogP contribution in [0.15, 0.2) is 24.3 Å². The maximum absolute atomic E-state index is 14.2. The molecule has 1 atom stereocenters. The van der Waals surface area contributed by atoms with Crippen molar-refractivity contribution >= 4 is 17.7 Å². The van der Waals surface area contributed by atoms with Gasteiger partial charge in [0.2, 0.25) is 0 Å². The summed E-state index contributed by atoms with van der Waals surface area (Å²) in [6, 6.07) is 3.57. The third kappa shape index (κ3) is 2.98. The second kappa shape index (κ2) is 6.85. The molecule has 0 aliphatic carbocycles. The molecule has 6 nitrogen and oxygen atoms in total. The number of amides is 3. The SMILES string of the molecule is CCn1c(C)cc(C(=O)CN2C(=O)N[C@@](C)(c3cc(F)ccc3F)C2=O)c1C. The monoisotopic (exact) mass is 389 g/mol. The summed E-state index contributed by atoms with van der Waals surface area (Å²) in [4.78, 5) is 38.7. The van der Waals surface area contributed by atoms with Gasteiger partial charge in [-0.2, -0.15) is 0 Å². The van der Waals surface area contributed by atoms with Gasteiger partial charge in [-0.1, -0.05) is 0 Å². The minimum Gasteiger partial charge on any atom is -0.349 e. The molecule has 0 bridgehead atoms. The molecule has 1 aromatic heterocycles. The predicted octanol–water partition coefficient (Wildman–Crippen LogP) is 3.05. The molecule has 1 aromatic carbocycles. The lowest BCUT2D eigenvalue weighted by Crippen LogP contribution is -2.42. The summed E-state index contributed by atoms with van der Waals surface area (Å²) in [6.07, 6.45) is 0. The third-order valence-electron chi connectivity index (χ3n) is 5.23. The van der Waals surface area contributed by atoms with Gasteiger partial charge in [-0.3, -0.25) is 14.5 Å². The van der Waals surface area contributed by atoms with E-state index < -0.39 is 41.4 Å². The fraction of sp³-hybridized carbons (Fsp3) is 0.350. The molecule has 1 fully saturated rings. The van der Waals surface area contributed by atoms with E-state index in [1.165, 1.54) is 6.92 Å². The highest BCUT2D eigenvalue weighted by Gasteiger charge is 2.51. The summed E-state index contributed by atoms with van der Waals surface area (Å²) < 4.78 is 29.7. The van der Waals surface area contributed by atoms with Crippen LogP contribution >= 0.6 is 0 Å². The maximum Gasteiger partial charge on any atom is 0.325 e. The van der Waals surface area contributed by atoms with Gasteiger partial charge in [0, 0.05) is 29.1 Å². The second-order valence-corrected chi connectivity index (χ2v) is 7.02. The minimum absolute atomic E-state index is 0.287. The summed E-state index contributed by atoms with van der Waals surface area (Å²) in [5.41, 5.74) is -0.0113. The van der Waals surface area contributed by atoms with Crippen LogP contribution in [-0.2, 0) is 16.9 Å². The van der Waals surface area contributed by atoms with Crippen LogP contribution < -0.4 is 5.32 Å². The van der Waals surface area contributed by atoms with Crippen molar-refractivity contribution in [3.05, 3.63) is 58.4 Å². The Balaban J connectivity index is 1.90. The van der Waals surface area contributed by atoms with E-state index in [2.05, 4.69) is 5.32 Å². The van der Waals surface area contributed by atoms with Crippen molar-refractivity contribution in [2.24, 2.45) is 0 Å². The van der Waals surface area contributed by atoms with Gasteiger partial charge < -0.3 is 9.88 Å². The first-order valence-electron chi connectivity index (χ1n) is 8.89. The number of aryl methyl sites for hydroxylation is 1. The summed E-state index contributed by atoms with van der Waals surface area (Å²) in [5.74, 6) is -2.77. The number of benzene rings is 1. The molecule has 148 valence electrons. The van der Waals surface area contributed by atoms with Crippen LogP contribution in [0.1, 0.15) is 41.2 Å². The number of Topliss-reactive ketones (excluding diaryl/α,β-unsaturated/α-hetero) is 1. The molecule has 1 saturated heterocycles. The van der Waals surface area contributed by atoms with Crippen molar-refractivity contribution in [1.82, 2.24) is 14.8 Å². The summed E-state index contributed by atoms with van der Waals surface area (Å²) in [7, 11) is 0. The molecule has 8 heteroatoms. The highest BCUT2D eigenvalue weighted by molar-refractivity contribution is 6.11. The first-order valence-corrected chi connectivity index (χ1v) is 8.89. The molecule has 1 aliphatic rings. The van der Waals surface area contributed by atoms with E-state index in [-0.39, 0.29) is 5.56 Å². The highest BCUT2D eigenvalue weighted by atomic mass is 19.1. The Morgan fingerprint density at radius 2 is 1.86 bits per heavy atom. The Morgan fingerprint density at radius 3 is 2.46 bits per heavy atom. The van der Waals surface area contributed by atoms with Crippen molar-refractivity contribution in [3.63, 3.8) is 0 Å². The first-order chi connectivity index (χ1) is 13.1. The quantitative estimate of drug-likeness (QED) is 0.631. The van der Waals surface area contributed by atoms with E-state index >= 15 is 0 Å². The van der Waals surface area contributed by atoms with Crippen molar-refractivity contribution < 1.29 is 23.2 Å². The molecule has 0 spiro atoms. The zero-order valence-corrected chi connectivity index (χ0v) is 16.1. The lowest BCUT2D eigenvalue weighted by Gasteiger charge is -2.22. The minimum atomic E-state index is -1.79. The number of rotatable bonds is 5. The zero-order valence-electron chi connectivity index (χ0n) is 16.1. The number of imide groups is 1. The highest BCUT2D eigenvalue weighted by Crippen LogP contribution is 2.31. The van der Waals surface area contributed by atoms with E-state index in [0.717, 1.165) is 34.5 Å². The van der Waals surface area contributed by atoms with Gasteiger partial charge >= 0.3 is 6.03 Å². The second-order valence-electron chi connectivity index (χ2n) is 7.02. The number of nitrogens with one attached hydrogen (secondary N) is 1. The van der Waals surface area contributed by atoms with E-state index in [1.807, 2.05) is 18.4 Å². The predicted molar refractivity (Wildman–Crippen MR) is 97.9 cm³/mol. The molecule has 0 radical (unpaired) electrons. The first kappa shape index (κ1) is 19.7. The number of nitrogens with zero attached hydrogens (tertiary/aromatic N) is 2. The molecule has 0 saturated carbocycles. The van der Waals surface area contributed by atoms with Gasteiger partial charge in [-0.25, -0.2) is 13.6 Å². The molecule has 0 unspecified atom stereocenters. The van der Waals surface area contributed by atoms with Gasteiger partial charge in [-0.15, -0.1) is 0 Å². The molecule has 2 aromatic rings. The normalized spacial score (nSPS) is 19.3. The van der Waals surface area contributed by atoms with Crippen molar-refractivity contribution in [1.29, 1.82) is 0 Å². The molecule has 1 aliphatic heterocycles. The summed E-state index contributed by atoms with van der Waals surface area (Å²) in [6.45, 7) is 7.10. The van der Waals surface area contributed by atoms with E-state index in [9.17, 15) is 23.2 Å². The van der Waals surface area contributed by atoms with Crippen LogP contribution in [0, 0.1) is 25.5 Å². The van der Waals surface area contributed by atoms with E-state index in [0.29, 0.717) is 12.1 Å². The average molecular weight is 389 g/mol. The molecule has 28 heavy (non-hydrogen) atoms. The number of hydrogen-bond donors (Lipinski definition) is 1. The number of halogens is 2. The number of carbonyl (C=O) groups is 3. The Bertz CT molecular complexity index is 999. The van der Waals surface area contributed by atoms with Crippen molar-refractivity contribution in [3.8, 4) is 0 Å². The molecule has 2 heterocycles. The molecule has 3 amide bonds. The van der Waals surface area contributed by atoms with Crippen molar-refractivity contribution in [2.45, 2.75) is 39.8 Å². The Labute approximate surface area is 161 Å². The van der Waals surface area contributed by atoms with Gasteiger partial charge in [0.05, 0.1) is 6.54 Å². The van der Waals surface area contributed by atoms with Gasteiger partial charge in [-0.05, 0) is 52.0 Å². The summed E-state index contributed by atoms with van der Waals surface area (Å²) in [5, 5.41) is 2.39. The van der Waals surface area contributed by atoms with Gasteiger partial charge in [0.25, 0.3) is 5.91 Å². The Hall–Kier alpha value is -3.03. The topological polar surface area (TPSA) is 71.4 Å². The molecular formula is C20H21F2N3O3. The van der Waals surface area contributed by atoms with Crippen LogP contribution in [0.25, 0.3) is 0 Å². The standard InChI is InChI=1S/C20H21F2N3O3/c1-5-24-11(2)8-14(12(24)3)17(26)10-25-18(27)20(4,23-19(25)28)15-9-13(21)6-7-16(15)22/h6-9H,5,10H2,1-4H3,(H,23,28)/t20-/m0/s1. The molecular weight excluding hydrogens is 368 g/mol. The number of hydrogen-bond acceptors (Lipinski definition) is 3. The van der Waals surface area contributed by atoms with Crippen LogP contribution in [0.2, 0.25) is 0 Å². The lowest BCUT2D eigenvalue weighted by atomic mass is 9.91. The van der Waals surface area contributed by atoms with E-state index in [1.54, 1.807) is 13.0 Å². The number of aromatic nitrogens is 1. The van der Waals surface area contributed by atoms with Gasteiger partial charge in [0.1, 0.15) is 17.2 Å². The van der Waals surface area contributed by atoms with Gasteiger partial charge in [0.15, 0.2) is 5.78 Å². The number of carbonyl (C=O) groups excluding carboxylic acids is 3. The molecule has 1 N–H and O–H groups in total. The number of ketones is 1. The molecule has 3 rings (SSSR count). The van der Waals surface area contributed by atoms with Crippen LogP contribution in [-0.4, -0.2) is 33.7 Å². The maximum atomic E-state index is 14.2. The fourth-order valence-electron chi connectivity index (χ4n) is 3.70. The largest absolute Gasteiger partial charge is 0.349 e. The van der Waals surface area contributed by atoms with Crippen LogP contribution in [0.3, 0.4) is 0 Å². The third-order valence-corrected chi connectivity index (χ3v) is 5.23. The Kier molecular flexibility index (Phi) is 4.82. The average Bonchev–Trinajstić information content (AvgIpc) is 3.04. The summed E-state index contributed by atoms with van der Waals surface area (Å²) >= 11 is 0.